The first-order valence-electron chi connectivity index (χ1n) is 6.06. The summed E-state index contributed by atoms with van der Waals surface area (Å²) in [6.45, 7) is 0. The third-order valence-corrected chi connectivity index (χ3v) is 3.15. The molecule has 2 aromatic carbocycles. The largest absolute Gasteiger partial charge is 0.508 e. The molecule has 6 nitrogen and oxygen atoms in total. The van der Waals surface area contributed by atoms with E-state index in [9.17, 15) is 19.8 Å². The number of carbonyl (C=O) groups is 2. The average molecular weight is 287 g/mol. The second-order valence-electron chi connectivity index (χ2n) is 4.48. The van der Waals surface area contributed by atoms with Gasteiger partial charge in [0.2, 0.25) is 0 Å². The molecule has 0 amide bonds. The number of aromatic hydroxyl groups is 1. The summed E-state index contributed by atoms with van der Waals surface area (Å²) >= 11 is 0. The maximum absolute atomic E-state index is 11.4. The first-order valence-corrected chi connectivity index (χ1v) is 6.06. The highest BCUT2D eigenvalue weighted by Gasteiger charge is 2.20. The minimum atomic E-state index is -1.30. The van der Waals surface area contributed by atoms with Gasteiger partial charge in [0, 0.05) is 6.42 Å². The third-order valence-electron chi connectivity index (χ3n) is 3.15. The topological polar surface area (TPSA) is 121 Å². The molecular formula is C15H13NO5. The molecular weight excluding hydrogens is 274 g/mol. The number of hydrogen-bond donors (Lipinski definition) is 4. The summed E-state index contributed by atoms with van der Waals surface area (Å²) in [5.74, 6) is -2.56. The van der Waals surface area contributed by atoms with Gasteiger partial charge in [-0.05, 0) is 23.3 Å². The number of hydrogen-bond acceptors (Lipinski definition) is 4. The maximum Gasteiger partial charge on any atom is 0.338 e. The van der Waals surface area contributed by atoms with Gasteiger partial charge >= 0.3 is 11.9 Å². The van der Waals surface area contributed by atoms with E-state index in [1.165, 1.54) is 18.2 Å². The molecule has 0 heterocycles. The van der Waals surface area contributed by atoms with E-state index in [-0.39, 0.29) is 29.0 Å². The van der Waals surface area contributed by atoms with Crippen molar-refractivity contribution in [2.45, 2.75) is 6.42 Å². The average Bonchev–Trinajstić information content (AvgIpc) is 2.40. The molecule has 0 spiro atoms. The lowest BCUT2D eigenvalue weighted by molar-refractivity contribution is 0.0695. The van der Waals surface area contributed by atoms with Gasteiger partial charge in [0.05, 0.1) is 16.8 Å². The van der Waals surface area contributed by atoms with Gasteiger partial charge < -0.3 is 21.1 Å². The van der Waals surface area contributed by atoms with Crippen LogP contribution in [0, 0.1) is 0 Å². The Morgan fingerprint density at radius 3 is 2.19 bits per heavy atom. The minimum absolute atomic E-state index is 0.0368. The lowest BCUT2D eigenvalue weighted by atomic mass is 9.95. The van der Waals surface area contributed by atoms with Crippen LogP contribution < -0.4 is 5.73 Å². The molecule has 0 aliphatic rings. The molecule has 108 valence electrons. The molecule has 0 aliphatic heterocycles. The molecule has 0 saturated heterocycles. The van der Waals surface area contributed by atoms with Crippen LogP contribution in [-0.2, 0) is 6.42 Å². The summed E-state index contributed by atoms with van der Waals surface area (Å²) in [6, 6.07) is 9.17. The van der Waals surface area contributed by atoms with Crippen LogP contribution in [0.2, 0.25) is 0 Å². The Balaban J connectivity index is 2.54. The van der Waals surface area contributed by atoms with Crippen LogP contribution in [-0.4, -0.2) is 27.3 Å². The van der Waals surface area contributed by atoms with E-state index in [4.69, 9.17) is 10.8 Å². The third kappa shape index (κ3) is 2.79. The first-order chi connectivity index (χ1) is 9.91. The molecule has 0 unspecified atom stereocenters. The number of anilines is 1. The van der Waals surface area contributed by atoms with Crippen molar-refractivity contribution >= 4 is 17.6 Å². The van der Waals surface area contributed by atoms with E-state index in [0.717, 1.165) is 0 Å². The molecule has 5 N–H and O–H groups in total. The monoisotopic (exact) mass is 287 g/mol. The number of carboxylic acids is 2. The van der Waals surface area contributed by atoms with Crippen molar-refractivity contribution < 1.29 is 24.9 Å². The molecule has 0 bridgehead atoms. The zero-order valence-electron chi connectivity index (χ0n) is 10.9. The molecule has 0 fully saturated rings. The van der Waals surface area contributed by atoms with Crippen LogP contribution in [0.4, 0.5) is 5.69 Å². The highest BCUT2D eigenvalue weighted by atomic mass is 16.4. The highest BCUT2D eigenvalue weighted by Crippen LogP contribution is 2.27. The summed E-state index contributed by atoms with van der Waals surface area (Å²) in [7, 11) is 0. The van der Waals surface area contributed by atoms with Crippen molar-refractivity contribution in [3.8, 4) is 5.75 Å². The zero-order chi connectivity index (χ0) is 15.6. The van der Waals surface area contributed by atoms with Crippen LogP contribution in [0.5, 0.6) is 5.75 Å². The molecule has 0 aliphatic carbocycles. The highest BCUT2D eigenvalue weighted by molar-refractivity contribution is 6.03. The molecule has 2 aromatic rings. The van der Waals surface area contributed by atoms with Crippen molar-refractivity contribution in [3.63, 3.8) is 0 Å². The van der Waals surface area contributed by atoms with Gasteiger partial charge in [0.25, 0.3) is 0 Å². The van der Waals surface area contributed by atoms with Crippen molar-refractivity contribution in [2.75, 3.05) is 5.73 Å². The summed E-state index contributed by atoms with van der Waals surface area (Å²) < 4.78 is 0. The summed E-state index contributed by atoms with van der Waals surface area (Å²) in [4.78, 5) is 22.4. The molecule has 0 radical (unpaired) electrons. The van der Waals surface area contributed by atoms with Crippen LogP contribution in [0.25, 0.3) is 0 Å². The predicted octanol–water partition coefficient (Wildman–Crippen LogP) is 1.96. The van der Waals surface area contributed by atoms with Gasteiger partial charge in [-0.15, -0.1) is 0 Å². The van der Waals surface area contributed by atoms with Crippen LogP contribution in [0.3, 0.4) is 0 Å². The zero-order valence-corrected chi connectivity index (χ0v) is 10.9. The minimum Gasteiger partial charge on any atom is -0.508 e. The van der Waals surface area contributed by atoms with Crippen molar-refractivity contribution in [2.24, 2.45) is 0 Å². The fourth-order valence-corrected chi connectivity index (χ4v) is 2.12. The number of carboxylic acid groups (broad SMARTS) is 2. The number of rotatable bonds is 4. The number of aromatic carboxylic acids is 2. The predicted molar refractivity (Wildman–Crippen MR) is 75.7 cm³/mol. The van der Waals surface area contributed by atoms with Gasteiger partial charge in [0.1, 0.15) is 5.75 Å². The quantitative estimate of drug-likeness (QED) is 0.638. The number of phenolic OH excluding ortho intramolecular Hbond substituents is 1. The summed E-state index contributed by atoms with van der Waals surface area (Å²) in [5.41, 5.74) is 5.73. The van der Waals surface area contributed by atoms with Gasteiger partial charge in [-0.3, -0.25) is 0 Å². The lowest BCUT2D eigenvalue weighted by Gasteiger charge is -2.12. The fraction of sp³-hybridized carbons (Fsp3) is 0.0667. The molecule has 0 atom stereocenters. The van der Waals surface area contributed by atoms with Gasteiger partial charge in [0.15, 0.2) is 0 Å². The molecule has 2 rings (SSSR count). The van der Waals surface area contributed by atoms with E-state index >= 15 is 0 Å². The Hall–Kier alpha value is -3.02. The number of para-hydroxylation sites is 1. The molecule has 6 heteroatoms. The van der Waals surface area contributed by atoms with Gasteiger partial charge in [-0.25, -0.2) is 9.59 Å². The van der Waals surface area contributed by atoms with E-state index in [0.29, 0.717) is 11.1 Å². The first kappa shape index (κ1) is 14.4. The smallest absolute Gasteiger partial charge is 0.338 e. The number of nitrogen functional groups attached to an aromatic ring is 1. The molecule has 0 aromatic heterocycles. The van der Waals surface area contributed by atoms with Gasteiger partial charge in [-0.1, -0.05) is 24.3 Å². The fourth-order valence-electron chi connectivity index (χ4n) is 2.12. The Bertz CT molecular complexity index is 724. The van der Waals surface area contributed by atoms with Crippen molar-refractivity contribution in [1.82, 2.24) is 0 Å². The van der Waals surface area contributed by atoms with E-state index < -0.39 is 11.9 Å². The van der Waals surface area contributed by atoms with Crippen LogP contribution in [0.15, 0.2) is 36.4 Å². The maximum atomic E-state index is 11.4. The second kappa shape index (κ2) is 5.54. The van der Waals surface area contributed by atoms with E-state index in [2.05, 4.69) is 0 Å². The second-order valence-corrected chi connectivity index (χ2v) is 4.48. The van der Waals surface area contributed by atoms with Crippen LogP contribution >= 0.6 is 0 Å². The van der Waals surface area contributed by atoms with E-state index in [1.807, 2.05) is 0 Å². The standard InChI is InChI=1S/C15H13NO5/c16-13-10(14(18)19)6-5-9(12(13)15(20)21)7-8-3-1-2-4-11(8)17/h1-6,17H,7,16H2,(H,18,19)(H,20,21). The number of phenols is 1. The lowest BCUT2D eigenvalue weighted by Crippen LogP contribution is -2.12. The Morgan fingerprint density at radius 2 is 1.62 bits per heavy atom. The Kier molecular flexibility index (Phi) is 3.80. The summed E-state index contributed by atoms with van der Waals surface area (Å²) in [6.07, 6.45) is 0.137. The van der Waals surface area contributed by atoms with E-state index in [1.54, 1.807) is 18.2 Å². The number of nitrogens with two attached hydrogens (primary N) is 1. The SMILES string of the molecule is Nc1c(C(=O)O)ccc(Cc2ccccc2O)c1C(=O)O. The Labute approximate surface area is 120 Å². The normalized spacial score (nSPS) is 10.3. The Morgan fingerprint density at radius 1 is 0.952 bits per heavy atom. The molecule has 21 heavy (non-hydrogen) atoms. The molecule has 0 saturated carbocycles. The van der Waals surface area contributed by atoms with Crippen molar-refractivity contribution in [3.05, 3.63) is 58.7 Å². The summed E-state index contributed by atoms with van der Waals surface area (Å²) in [5, 5.41) is 28.0. The van der Waals surface area contributed by atoms with Crippen LogP contribution in [0.1, 0.15) is 31.8 Å². The van der Waals surface area contributed by atoms with Crippen molar-refractivity contribution in [1.29, 1.82) is 0 Å². The number of benzene rings is 2. The van der Waals surface area contributed by atoms with Gasteiger partial charge in [-0.2, -0.15) is 0 Å².